The van der Waals surface area contributed by atoms with Gasteiger partial charge >= 0.3 is 0 Å². The first-order chi connectivity index (χ1) is 8.36. The Hall–Kier alpha value is -2.15. The van der Waals surface area contributed by atoms with Crippen molar-refractivity contribution < 1.29 is 9.47 Å². The minimum absolute atomic E-state index is 0.303. The maximum atomic E-state index is 8.80. The fourth-order valence-corrected chi connectivity index (χ4v) is 2.09. The Morgan fingerprint density at radius 2 is 2.12 bits per heavy atom. The molecule has 2 aliphatic rings. The summed E-state index contributed by atoms with van der Waals surface area (Å²) in [5, 5.41) is 8.80. The lowest BCUT2D eigenvalue weighted by atomic mass is 10.1. The van der Waals surface area contributed by atoms with Gasteiger partial charge in [-0.1, -0.05) is 6.08 Å². The predicted octanol–water partition coefficient (Wildman–Crippen LogP) is 2.08. The lowest BCUT2D eigenvalue weighted by Gasteiger charge is -2.26. The number of hydrogen-bond acceptors (Lipinski definition) is 4. The van der Waals surface area contributed by atoms with E-state index in [9.17, 15) is 0 Å². The highest BCUT2D eigenvalue weighted by Gasteiger charge is 2.17. The predicted molar refractivity (Wildman–Crippen MR) is 63.1 cm³/mol. The number of hydrogen-bond donors (Lipinski definition) is 0. The van der Waals surface area contributed by atoms with Crippen molar-refractivity contribution in [1.82, 2.24) is 0 Å². The van der Waals surface area contributed by atoms with E-state index in [2.05, 4.69) is 11.0 Å². The molecule has 1 aromatic carbocycles. The van der Waals surface area contributed by atoms with Gasteiger partial charge in [0.2, 0.25) is 6.79 Å². The van der Waals surface area contributed by atoms with Gasteiger partial charge in [0.05, 0.1) is 6.07 Å². The largest absolute Gasteiger partial charge is 0.454 e. The molecule has 1 aromatic rings. The molecule has 3 rings (SSSR count). The molecule has 0 N–H and O–H groups in total. The SMILES string of the molecule is N#CC1=CCN(c2ccc3c(c2)OCO3)CC1. The van der Waals surface area contributed by atoms with Crippen LogP contribution in [0.2, 0.25) is 0 Å². The molecule has 0 spiro atoms. The van der Waals surface area contributed by atoms with Crippen LogP contribution in [0.25, 0.3) is 0 Å². The van der Waals surface area contributed by atoms with Crippen molar-refractivity contribution >= 4 is 5.69 Å². The zero-order chi connectivity index (χ0) is 11.7. The van der Waals surface area contributed by atoms with E-state index in [1.54, 1.807) is 0 Å². The molecule has 86 valence electrons. The quantitative estimate of drug-likeness (QED) is 0.738. The maximum absolute atomic E-state index is 8.80. The van der Waals surface area contributed by atoms with Crippen molar-refractivity contribution in [2.75, 3.05) is 24.8 Å². The lowest BCUT2D eigenvalue weighted by Crippen LogP contribution is -2.28. The van der Waals surface area contributed by atoms with Crippen LogP contribution in [0.15, 0.2) is 29.8 Å². The fraction of sp³-hybridized carbons (Fsp3) is 0.308. The van der Waals surface area contributed by atoms with Gasteiger partial charge < -0.3 is 14.4 Å². The third kappa shape index (κ3) is 1.80. The topological polar surface area (TPSA) is 45.5 Å². The van der Waals surface area contributed by atoms with Gasteiger partial charge in [-0.3, -0.25) is 0 Å². The molecular formula is C13H12N2O2. The molecule has 0 aliphatic carbocycles. The molecular weight excluding hydrogens is 216 g/mol. The molecule has 4 nitrogen and oxygen atoms in total. The molecule has 0 radical (unpaired) electrons. The molecule has 0 fully saturated rings. The standard InChI is InChI=1S/C13H12N2O2/c14-8-10-3-5-15(6-4-10)11-1-2-12-13(7-11)17-9-16-12/h1-3,7H,4-6,9H2. The molecule has 0 amide bonds. The van der Waals surface area contributed by atoms with Crippen LogP contribution in [0.3, 0.4) is 0 Å². The summed E-state index contributed by atoms with van der Waals surface area (Å²) in [6.45, 7) is 1.96. The molecule has 0 atom stereocenters. The van der Waals surface area contributed by atoms with Gasteiger partial charge in [-0.2, -0.15) is 5.26 Å². The van der Waals surface area contributed by atoms with Gasteiger partial charge in [0, 0.05) is 30.4 Å². The summed E-state index contributed by atoms with van der Waals surface area (Å²) in [4.78, 5) is 2.22. The van der Waals surface area contributed by atoms with E-state index >= 15 is 0 Å². The maximum Gasteiger partial charge on any atom is 0.231 e. The van der Waals surface area contributed by atoms with E-state index in [1.165, 1.54) is 0 Å². The first kappa shape index (κ1) is 10.0. The van der Waals surface area contributed by atoms with Gasteiger partial charge in [0.25, 0.3) is 0 Å². The van der Waals surface area contributed by atoms with E-state index in [-0.39, 0.29) is 0 Å². The summed E-state index contributed by atoms with van der Waals surface area (Å²) in [5.74, 6) is 1.61. The Balaban J connectivity index is 1.82. The molecule has 0 saturated heterocycles. The van der Waals surface area contributed by atoms with Crippen molar-refractivity contribution in [3.8, 4) is 17.6 Å². The molecule has 0 unspecified atom stereocenters. The van der Waals surface area contributed by atoms with Crippen molar-refractivity contribution in [2.24, 2.45) is 0 Å². The fourth-order valence-electron chi connectivity index (χ4n) is 2.09. The van der Waals surface area contributed by atoms with Gasteiger partial charge in [-0.15, -0.1) is 0 Å². The Kier molecular flexibility index (Phi) is 2.37. The zero-order valence-electron chi connectivity index (χ0n) is 9.35. The van der Waals surface area contributed by atoms with Gasteiger partial charge in [-0.25, -0.2) is 0 Å². The van der Waals surface area contributed by atoms with Crippen molar-refractivity contribution in [3.05, 3.63) is 29.8 Å². The third-order valence-corrected chi connectivity index (χ3v) is 3.07. The lowest BCUT2D eigenvalue weighted by molar-refractivity contribution is 0.174. The van der Waals surface area contributed by atoms with Crippen molar-refractivity contribution in [3.63, 3.8) is 0 Å². The van der Waals surface area contributed by atoms with Crippen LogP contribution in [0.4, 0.5) is 5.69 Å². The van der Waals surface area contributed by atoms with E-state index < -0.39 is 0 Å². The van der Waals surface area contributed by atoms with E-state index in [0.29, 0.717) is 6.79 Å². The number of benzene rings is 1. The molecule has 2 aliphatic heterocycles. The van der Waals surface area contributed by atoms with Gasteiger partial charge in [0.15, 0.2) is 11.5 Å². The minimum Gasteiger partial charge on any atom is -0.454 e. The molecule has 0 saturated carbocycles. The van der Waals surface area contributed by atoms with Gasteiger partial charge in [-0.05, 0) is 18.6 Å². The second kappa shape index (κ2) is 4.02. The number of anilines is 1. The highest BCUT2D eigenvalue weighted by atomic mass is 16.7. The van der Waals surface area contributed by atoms with Crippen LogP contribution < -0.4 is 14.4 Å². The van der Waals surface area contributed by atoms with Crippen LogP contribution in [-0.4, -0.2) is 19.9 Å². The highest BCUT2D eigenvalue weighted by molar-refractivity contribution is 5.58. The number of rotatable bonds is 1. The number of nitrogens with zero attached hydrogens (tertiary/aromatic N) is 2. The third-order valence-electron chi connectivity index (χ3n) is 3.07. The normalized spacial score (nSPS) is 17.6. The van der Waals surface area contributed by atoms with E-state index in [1.807, 2.05) is 24.3 Å². The summed E-state index contributed by atoms with van der Waals surface area (Å²) < 4.78 is 10.6. The van der Waals surface area contributed by atoms with Crippen LogP contribution in [0, 0.1) is 11.3 Å². The average molecular weight is 228 g/mol. The van der Waals surface area contributed by atoms with Crippen LogP contribution in [0.5, 0.6) is 11.5 Å². The molecule has 2 heterocycles. The van der Waals surface area contributed by atoms with Gasteiger partial charge in [0.1, 0.15) is 0 Å². The Morgan fingerprint density at radius 3 is 2.88 bits per heavy atom. The zero-order valence-corrected chi connectivity index (χ0v) is 9.35. The Bertz CT molecular complexity index is 517. The highest BCUT2D eigenvalue weighted by Crippen LogP contribution is 2.35. The molecule has 0 bridgehead atoms. The minimum atomic E-state index is 0.303. The summed E-state index contributed by atoms with van der Waals surface area (Å²) in [6, 6.07) is 8.16. The number of ether oxygens (including phenoxy) is 2. The first-order valence-electron chi connectivity index (χ1n) is 5.60. The van der Waals surface area contributed by atoms with Crippen molar-refractivity contribution in [1.29, 1.82) is 5.26 Å². The summed E-state index contributed by atoms with van der Waals surface area (Å²) in [7, 11) is 0. The summed E-state index contributed by atoms with van der Waals surface area (Å²) in [6.07, 6.45) is 2.79. The molecule has 0 aromatic heterocycles. The van der Waals surface area contributed by atoms with Crippen LogP contribution in [-0.2, 0) is 0 Å². The van der Waals surface area contributed by atoms with E-state index in [4.69, 9.17) is 14.7 Å². The Labute approximate surface area is 99.7 Å². The monoisotopic (exact) mass is 228 g/mol. The summed E-state index contributed by atoms with van der Waals surface area (Å²) >= 11 is 0. The summed E-state index contributed by atoms with van der Waals surface area (Å²) in [5.41, 5.74) is 1.99. The van der Waals surface area contributed by atoms with E-state index in [0.717, 1.165) is 42.3 Å². The smallest absolute Gasteiger partial charge is 0.231 e. The Morgan fingerprint density at radius 1 is 1.24 bits per heavy atom. The average Bonchev–Trinajstić information content (AvgIpc) is 2.86. The van der Waals surface area contributed by atoms with Crippen LogP contribution in [0.1, 0.15) is 6.42 Å². The first-order valence-corrected chi connectivity index (χ1v) is 5.60. The molecule has 17 heavy (non-hydrogen) atoms. The van der Waals surface area contributed by atoms with Crippen LogP contribution >= 0.6 is 0 Å². The van der Waals surface area contributed by atoms with Crippen molar-refractivity contribution in [2.45, 2.75) is 6.42 Å². The number of fused-ring (bicyclic) bond motifs is 1. The number of nitriles is 1. The second-order valence-corrected chi connectivity index (χ2v) is 4.07. The second-order valence-electron chi connectivity index (χ2n) is 4.07. The molecule has 4 heteroatoms.